The first-order valence-electron chi connectivity index (χ1n) is 4.65. The molecule has 1 aromatic carbocycles. The second-order valence-corrected chi connectivity index (χ2v) is 3.61. The van der Waals surface area contributed by atoms with Gasteiger partial charge >= 0.3 is 5.63 Å². The molecule has 0 unspecified atom stereocenters. The van der Waals surface area contributed by atoms with Crippen molar-refractivity contribution >= 4 is 16.7 Å². The van der Waals surface area contributed by atoms with Gasteiger partial charge in [-0.05, 0) is 36.2 Å². The summed E-state index contributed by atoms with van der Waals surface area (Å²) < 4.78 is 4.92. The van der Waals surface area contributed by atoms with Gasteiger partial charge < -0.3 is 9.52 Å². The van der Waals surface area contributed by atoms with Gasteiger partial charge in [-0.25, -0.2) is 4.79 Å². The minimum Gasteiger partial charge on any atom is -0.505 e. The van der Waals surface area contributed by atoms with Gasteiger partial charge in [0.1, 0.15) is 5.75 Å². The van der Waals surface area contributed by atoms with Crippen molar-refractivity contribution in [2.24, 2.45) is 5.18 Å². The quantitative estimate of drug-likeness (QED) is 0.590. The van der Waals surface area contributed by atoms with Crippen molar-refractivity contribution in [3.8, 4) is 5.75 Å². The van der Waals surface area contributed by atoms with E-state index >= 15 is 0 Å². The SMILES string of the molecule is Cc1cc(O)c(N=O)c2oc(=O)cc(C)c12. The lowest BCUT2D eigenvalue weighted by atomic mass is 10.0. The van der Waals surface area contributed by atoms with Crippen LogP contribution in [-0.2, 0) is 0 Å². The first-order chi connectivity index (χ1) is 7.54. The molecule has 2 rings (SSSR count). The molecule has 0 bridgehead atoms. The van der Waals surface area contributed by atoms with Crippen molar-refractivity contribution in [2.45, 2.75) is 13.8 Å². The maximum absolute atomic E-state index is 11.2. The molecule has 5 nitrogen and oxygen atoms in total. The number of benzene rings is 1. The largest absolute Gasteiger partial charge is 0.505 e. The molecule has 0 saturated carbocycles. The first-order valence-corrected chi connectivity index (χ1v) is 4.65. The molecule has 0 aliphatic rings. The number of nitrogens with zero attached hydrogens (tertiary/aromatic N) is 1. The highest BCUT2D eigenvalue weighted by Crippen LogP contribution is 2.37. The number of fused-ring (bicyclic) bond motifs is 1. The highest BCUT2D eigenvalue weighted by Gasteiger charge is 2.15. The third-order valence-electron chi connectivity index (χ3n) is 2.45. The fourth-order valence-electron chi connectivity index (χ4n) is 1.82. The van der Waals surface area contributed by atoms with E-state index in [9.17, 15) is 14.8 Å². The van der Waals surface area contributed by atoms with Crippen molar-refractivity contribution in [2.75, 3.05) is 0 Å². The molecule has 0 atom stereocenters. The molecule has 1 N–H and O–H groups in total. The Balaban J connectivity index is 3.11. The van der Waals surface area contributed by atoms with Crippen LogP contribution in [0.3, 0.4) is 0 Å². The molecule has 5 heteroatoms. The molecule has 0 radical (unpaired) electrons. The number of rotatable bonds is 1. The van der Waals surface area contributed by atoms with Crippen LogP contribution in [0.1, 0.15) is 11.1 Å². The number of hydrogen-bond acceptors (Lipinski definition) is 5. The van der Waals surface area contributed by atoms with Gasteiger partial charge in [0.15, 0.2) is 11.3 Å². The Hall–Kier alpha value is -2.17. The minimum absolute atomic E-state index is 0.0394. The van der Waals surface area contributed by atoms with E-state index in [1.807, 2.05) is 0 Å². The lowest BCUT2D eigenvalue weighted by Crippen LogP contribution is -1.99. The second-order valence-electron chi connectivity index (χ2n) is 3.61. The van der Waals surface area contributed by atoms with Gasteiger partial charge in [0.05, 0.1) is 0 Å². The van der Waals surface area contributed by atoms with Crippen LogP contribution < -0.4 is 5.63 Å². The van der Waals surface area contributed by atoms with Crippen LogP contribution in [0.25, 0.3) is 11.0 Å². The summed E-state index contributed by atoms with van der Waals surface area (Å²) in [6.07, 6.45) is 0. The smallest absolute Gasteiger partial charge is 0.336 e. The molecule has 82 valence electrons. The molecule has 2 aromatic rings. The monoisotopic (exact) mass is 219 g/mol. The molecule has 0 spiro atoms. The maximum Gasteiger partial charge on any atom is 0.336 e. The number of phenolic OH excluding ortho intramolecular Hbond substituents is 1. The van der Waals surface area contributed by atoms with Crippen molar-refractivity contribution in [1.82, 2.24) is 0 Å². The van der Waals surface area contributed by atoms with Crippen molar-refractivity contribution in [1.29, 1.82) is 0 Å². The second kappa shape index (κ2) is 3.44. The van der Waals surface area contributed by atoms with Crippen LogP contribution in [0.4, 0.5) is 5.69 Å². The van der Waals surface area contributed by atoms with E-state index in [1.54, 1.807) is 13.8 Å². The summed E-state index contributed by atoms with van der Waals surface area (Å²) in [4.78, 5) is 21.8. The normalized spacial score (nSPS) is 10.6. The van der Waals surface area contributed by atoms with E-state index < -0.39 is 5.63 Å². The van der Waals surface area contributed by atoms with Crippen LogP contribution >= 0.6 is 0 Å². The maximum atomic E-state index is 11.2. The fraction of sp³-hybridized carbons (Fsp3) is 0.182. The average molecular weight is 219 g/mol. The lowest BCUT2D eigenvalue weighted by Gasteiger charge is -2.06. The Morgan fingerprint density at radius 2 is 1.88 bits per heavy atom. The highest BCUT2D eigenvalue weighted by atomic mass is 16.4. The summed E-state index contributed by atoms with van der Waals surface area (Å²) in [5, 5.41) is 12.8. The number of aromatic hydroxyl groups is 1. The first kappa shape index (κ1) is 10.4. The van der Waals surface area contributed by atoms with Gasteiger partial charge in [0, 0.05) is 11.5 Å². The van der Waals surface area contributed by atoms with E-state index in [4.69, 9.17) is 4.42 Å². The Kier molecular flexibility index (Phi) is 2.23. The predicted octanol–water partition coefficient (Wildman–Crippen LogP) is 2.51. The molecule has 1 aromatic heterocycles. The molecule has 1 heterocycles. The predicted molar refractivity (Wildman–Crippen MR) is 59.1 cm³/mol. The molecule has 0 aliphatic carbocycles. The minimum atomic E-state index is -0.570. The summed E-state index contributed by atoms with van der Waals surface area (Å²) in [7, 11) is 0. The fourth-order valence-corrected chi connectivity index (χ4v) is 1.82. The summed E-state index contributed by atoms with van der Waals surface area (Å²) >= 11 is 0. The molecular weight excluding hydrogens is 210 g/mol. The van der Waals surface area contributed by atoms with Crippen LogP contribution in [0.5, 0.6) is 5.75 Å². The van der Waals surface area contributed by atoms with E-state index in [0.29, 0.717) is 10.9 Å². The number of hydrogen-bond donors (Lipinski definition) is 1. The van der Waals surface area contributed by atoms with Gasteiger partial charge in [-0.15, -0.1) is 4.91 Å². The Bertz CT molecular complexity index is 642. The summed E-state index contributed by atoms with van der Waals surface area (Å²) in [5.41, 5.74) is 0.647. The molecule has 0 amide bonds. The van der Waals surface area contributed by atoms with Crippen LogP contribution in [0, 0.1) is 18.8 Å². The molecule has 0 aliphatic heterocycles. The summed E-state index contributed by atoms with van der Waals surface area (Å²) in [6, 6.07) is 2.76. The van der Waals surface area contributed by atoms with Crippen LogP contribution in [0.2, 0.25) is 0 Å². The Morgan fingerprint density at radius 1 is 1.25 bits per heavy atom. The topological polar surface area (TPSA) is 79.9 Å². The zero-order chi connectivity index (χ0) is 11.9. The van der Waals surface area contributed by atoms with Crippen molar-refractivity contribution < 1.29 is 9.52 Å². The van der Waals surface area contributed by atoms with Crippen molar-refractivity contribution in [3.05, 3.63) is 38.6 Å². The summed E-state index contributed by atoms with van der Waals surface area (Å²) in [5.74, 6) is -0.284. The Labute approximate surface area is 90.3 Å². The number of phenols is 1. The van der Waals surface area contributed by atoms with Gasteiger partial charge in [-0.2, -0.15) is 0 Å². The zero-order valence-electron chi connectivity index (χ0n) is 8.77. The highest BCUT2D eigenvalue weighted by molar-refractivity contribution is 5.94. The van der Waals surface area contributed by atoms with E-state index in [2.05, 4.69) is 5.18 Å². The van der Waals surface area contributed by atoms with E-state index in [-0.39, 0.29) is 17.0 Å². The summed E-state index contributed by atoms with van der Waals surface area (Å²) in [6.45, 7) is 3.49. The van der Waals surface area contributed by atoms with Gasteiger partial charge in [0.25, 0.3) is 0 Å². The van der Waals surface area contributed by atoms with E-state index in [1.165, 1.54) is 12.1 Å². The molecule has 16 heavy (non-hydrogen) atoms. The number of nitroso groups, excluding NO2 is 1. The van der Waals surface area contributed by atoms with Gasteiger partial charge in [-0.1, -0.05) is 0 Å². The van der Waals surface area contributed by atoms with Crippen LogP contribution in [-0.4, -0.2) is 5.11 Å². The number of aryl methyl sites for hydroxylation is 2. The van der Waals surface area contributed by atoms with Crippen molar-refractivity contribution in [3.63, 3.8) is 0 Å². The Morgan fingerprint density at radius 3 is 2.50 bits per heavy atom. The van der Waals surface area contributed by atoms with Gasteiger partial charge in [-0.3, -0.25) is 0 Å². The third kappa shape index (κ3) is 1.37. The third-order valence-corrected chi connectivity index (χ3v) is 2.45. The van der Waals surface area contributed by atoms with Crippen LogP contribution in [0.15, 0.2) is 26.5 Å². The average Bonchev–Trinajstić information content (AvgIpc) is 2.15. The zero-order valence-corrected chi connectivity index (χ0v) is 8.77. The van der Waals surface area contributed by atoms with E-state index in [0.717, 1.165) is 5.56 Å². The molecule has 0 fully saturated rings. The lowest BCUT2D eigenvalue weighted by molar-refractivity contribution is 0.474. The molecular formula is C11H9NO4. The van der Waals surface area contributed by atoms with Gasteiger partial charge in [0.2, 0.25) is 0 Å². The molecule has 0 saturated heterocycles. The standard InChI is InChI=1S/C11H9NO4/c1-5-3-7(13)10(12-15)11-9(5)6(2)4-8(14)16-11/h3-4,13H,1-2H3.